The smallest absolute Gasteiger partial charge is 0.357 e. The molecule has 1 unspecified atom stereocenters. The fourth-order valence-electron chi connectivity index (χ4n) is 2.85. The van der Waals surface area contributed by atoms with Gasteiger partial charge in [-0.3, -0.25) is 0 Å². The number of carbonyl (C=O) groups excluding carboxylic acids is 2. The average Bonchev–Trinajstić information content (AvgIpc) is 2.66. The van der Waals surface area contributed by atoms with Crippen LogP contribution in [-0.2, 0) is 9.47 Å². The number of hydrogen-bond donors (Lipinski definition) is 0. The monoisotopic (exact) mass is 377 g/mol. The summed E-state index contributed by atoms with van der Waals surface area (Å²) in [5.74, 6) is -0.997. The second-order valence-corrected chi connectivity index (χ2v) is 7.02. The third-order valence-electron chi connectivity index (χ3n) is 4.40. The van der Waals surface area contributed by atoms with Gasteiger partial charge in [-0.15, -0.1) is 0 Å². The summed E-state index contributed by atoms with van der Waals surface area (Å²) in [7, 11) is 0. The van der Waals surface area contributed by atoms with E-state index in [4.69, 9.17) is 9.47 Å². The van der Waals surface area contributed by atoms with E-state index in [9.17, 15) is 9.59 Å². The lowest BCUT2D eigenvalue weighted by Crippen LogP contribution is -2.17. The van der Waals surface area contributed by atoms with Gasteiger partial charge in [0.15, 0.2) is 0 Å². The van der Waals surface area contributed by atoms with E-state index in [0.29, 0.717) is 6.61 Å². The van der Waals surface area contributed by atoms with Gasteiger partial charge in [-0.05, 0) is 31.9 Å². The minimum absolute atomic E-state index is 0.138. The maximum absolute atomic E-state index is 12.1. The highest BCUT2D eigenvalue weighted by Gasteiger charge is 2.16. The van der Waals surface area contributed by atoms with Gasteiger partial charge in [0.25, 0.3) is 0 Å². The molecule has 0 aromatic carbocycles. The van der Waals surface area contributed by atoms with E-state index >= 15 is 0 Å². The molecule has 0 fully saturated rings. The Morgan fingerprint density at radius 3 is 2.11 bits per heavy atom. The van der Waals surface area contributed by atoms with Crippen LogP contribution in [0.2, 0.25) is 0 Å². The van der Waals surface area contributed by atoms with Crippen molar-refractivity contribution in [2.45, 2.75) is 91.1 Å². The van der Waals surface area contributed by atoms with E-state index in [-0.39, 0.29) is 17.5 Å². The molecular formula is C22H35NO4. The van der Waals surface area contributed by atoms with Gasteiger partial charge in [0.1, 0.15) is 11.4 Å². The van der Waals surface area contributed by atoms with Crippen molar-refractivity contribution in [3.05, 3.63) is 29.6 Å². The van der Waals surface area contributed by atoms with Crippen molar-refractivity contribution >= 4 is 11.9 Å². The number of carbonyl (C=O) groups is 2. The lowest BCUT2D eigenvalue weighted by molar-refractivity contribution is 0.0316. The zero-order chi connectivity index (χ0) is 19.9. The van der Waals surface area contributed by atoms with Crippen molar-refractivity contribution < 1.29 is 19.1 Å². The van der Waals surface area contributed by atoms with Gasteiger partial charge in [0.2, 0.25) is 0 Å². The molecule has 0 radical (unpaired) electrons. The SMILES string of the molecule is CCCCCCCCCCOC(=O)c1cccc(C(=O)OC(C)CCC)n1. The molecule has 0 aliphatic rings. The van der Waals surface area contributed by atoms with Crippen LogP contribution in [0.3, 0.4) is 0 Å². The number of nitrogens with zero attached hydrogens (tertiary/aromatic N) is 1. The standard InChI is InChI=1S/C22H35NO4/c1-4-6-7-8-9-10-11-12-17-26-21(24)19-15-13-16-20(23-19)22(25)27-18(3)14-5-2/h13,15-16,18H,4-12,14,17H2,1-3H3. The zero-order valence-corrected chi connectivity index (χ0v) is 17.2. The normalized spacial score (nSPS) is 11.8. The summed E-state index contributed by atoms with van der Waals surface area (Å²) in [6.45, 7) is 6.49. The van der Waals surface area contributed by atoms with Gasteiger partial charge in [0.05, 0.1) is 12.7 Å². The Morgan fingerprint density at radius 2 is 1.48 bits per heavy atom. The summed E-state index contributed by atoms with van der Waals surface area (Å²) in [6.07, 6.45) is 11.1. The Bertz CT molecular complexity index is 559. The molecule has 0 saturated heterocycles. The summed E-state index contributed by atoms with van der Waals surface area (Å²) in [5.41, 5.74) is 0.284. The molecule has 0 saturated carbocycles. The summed E-state index contributed by atoms with van der Waals surface area (Å²) < 4.78 is 10.6. The Balaban J connectivity index is 2.31. The van der Waals surface area contributed by atoms with Crippen molar-refractivity contribution in [1.82, 2.24) is 4.98 Å². The summed E-state index contributed by atoms with van der Waals surface area (Å²) in [5, 5.41) is 0. The number of hydrogen-bond acceptors (Lipinski definition) is 5. The molecule has 1 atom stereocenters. The first-order chi connectivity index (χ1) is 13.1. The minimum Gasteiger partial charge on any atom is -0.461 e. The maximum atomic E-state index is 12.1. The van der Waals surface area contributed by atoms with Crippen LogP contribution >= 0.6 is 0 Å². The van der Waals surface area contributed by atoms with E-state index in [0.717, 1.165) is 25.7 Å². The van der Waals surface area contributed by atoms with Crippen molar-refractivity contribution in [2.75, 3.05) is 6.61 Å². The lowest BCUT2D eigenvalue weighted by atomic mass is 10.1. The molecule has 1 aromatic heterocycles. The van der Waals surface area contributed by atoms with Gasteiger partial charge < -0.3 is 9.47 Å². The van der Waals surface area contributed by atoms with Gasteiger partial charge >= 0.3 is 11.9 Å². The Morgan fingerprint density at radius 1 is 0.889 bits per heavy atom. The predicted molar refractivity (Wildman–Crippen MR) is 107 cm³/mol. The molecule has 1 aromatic rings. The molecular weight excluding hydrogens is 342 g/mol. The van der Waals surface area contributed by atoms with Crippen molar-refractivity contribution in [3.63, 3.8) is 0 Å². The number of ether oxygens (including phenoxy) is 2. The average molecular weight is 378 g/mol. The third-order valence-corrected chi connectivity index (χ3v) is 4.40. The first kappa shape index (κ1) is 23.1. The molecule has 5 nitrogen and oxygen atoms in total. The fourth-order valence-corrected chi connectivity index (χ4v) is 2.85. The van der Waals surface area contributed by atoms with Crippen LogP contribution in [0, 0.1) is 0 Å². The molecule has 27 heavy (non-hydrogen) atoms. The molecule has 5 heteroatoms. The summed E-state index contributed by atoms with van der Waals surface area (Å²) in [4.78, 5) is 28.3. The molecule has 0 N–H and O–H groups in total. The molecule has 0 bridgehead atoms. The highest BCUT2D eigenvalue weighted by molar-refractivity contribution is 5.91. The Kier molecular flexibility index (Phi) is 12.2. The first-order valence-corrected chi connectivity index (χ1v) is 10.4. The lowest BCUT2D eigenvalue weighted by Gasteiger charge is -2.12. The van der Waals surface area contributed by atoms with E-state index in [1.54, 1.807) is 18.2 Å². The number of unbranched alkanes of at least 4 members (excludes halogenated alkanes) is 7. The van der Waals surface area contributed by atoms with Crippen molar-refractivity contribution in [3.8, 4) is 0 Å². The number of rotatable bonds is 14. The number of esters is 2. The highest BCUT2D eigenvalue weighted by atomic mass is 16.5. The van der Waals surface area contributed by atoms with E-state index in [1.807, 2.05) is 13.8 Å². The van der Waals surface area contributed by atoms with Crippen LogP contribution in [0.1, 0.15) is 106 Å². The molecule has 0 aliphatic carbocycles. The van der Waals surface area contributed by atoms with Gasteiger partial charge in [-0.2, -0.15) is 0 Å². The first-order valence-electron chi connectivity index (χ1n) is 10.4. The molecule has 0 spiro atoms. The van der Waals surface area contributed by atoms with Crippen molar-refractivity contribution in [1.29, 1.82) is 0 Å². The molecule has 152 valence electrons. The Labute approximate surface area is 163 Å². The zero-order valence-electron chi connectivity index (χ0n) is 17.2. The second kappa shape index (κ2) is 14.2. The van der Waals surface area contributed by atoms with Crippen LogP contribution < -0.4 is 0 Å². The van der Waals surface area contributed by atoms with E-state index in [2.05, 4.69) is 11.9 Å². The third kappa shape index (κ3) is 10.1. The predicted octanol–water partition coefficient (Wildman–Crippen LogP) is 5.72. The van der Waals surface area contributed by atoms with Crippen LogP contribution in [0.25, 0.3) is 0 Å². The summed E-state index contributed by atoms with van der Waals surface area (Å²) in [6, 6.07) is 4.74. The topological polar surface area (TPSA) is 65.5 Å². The maximum Gasteiger partial charge on any atom is 0.357 e. The number of pyridine rings is 1. The minimum atomic E-state index is -0.506. The molecule has 1 rings (SSSR count). The van der Waals surface area contributed by atoms with Crippen LogP contribution in [0.5, 0.6) is 0 Å². The second-order valence-electron chi connectivity index (χ2n) is 7.02. The van der Waals surface area contributed by atoms with Crippen molar-refractivity contribution in [2.24, 2.45) is 0 Å². The Hall–Kier alpha value is -1.91. The molecule has 0 aliphatic heterocycles. The van der Waals surface area contributed by atoms with Gasteiger partial charge in [0, 0.05) is 0 Å². The van der Waals surface area contributed by atoms with Crippen LogP contribution in [-0.4, -0.2) is 29.6 Å². The fraction of sp³-hybridized carbons (Fsp3) is 0.682. The number of aromatic nitrogens is 1. The molecule has 0 amide bonds. The largest absolute Gasteiger partial charge is 0.461 e. The summed E-state index contributed by atoms with van der Waals surface area (Å²) >= 11 is 0. The molecule has 1 heterocycles. The van der Waals surface area contributed by atoms with E-state index < -0.39 is 11.9 Å². The highest BCUT2D eigenvalue weighted by Crippen LogP contribution is 2.10. The quantitative estimate of drug-likeness (QED) is 0.306. The van der Waals surface area contributed by atoms with E-state index in [1.165, 1.54) is 38.5 Å². The van der Waals surface area contributed by atoms with Crippen LogP contribution in [0.4, 0.5) is 0 Å². The van der Waals surface area contributed by atoms with Crippen LogP contribution in [0.15, 0.2) is 18.2 Å². The van der Waals surface area contributed by atoms with Gasteiger partial charge in [-0.1, -0.05) is 71.3 Å². The van der Waals surface area contributed by atoms with Gasteiger partial charge in [-0.25, -0.2) is 14.6 Å².